The molecule has 2 rings (SSSR count). The highest BCUT2D eigenvalue weighted by Gasteiger charge is 2.11. The van der Waals surface area contributed by atoms with Crippen LogP contribution in [-0.4, -0.2) is 18.4 Å². The number of hydrogen-bond acceptors (Lipinski definition) is 4. The molecule has 0 saturated heterocycles. The summed E-state index contributed by atoms with van der Waals surface area (Å²) < 4.78 is 13.3. The number of halogens is 1. The molecular weight excluding hydrogens is 293 g/mol. The summed E-state index contributed by atoms with van der Waals surface area (Å²) in [4.78, 5) is 24.2. The molecule has 0 atom stereocenters. The van der Waals surface area contributed by atoms with Crippen molar-refractivity contribution in [1.82, 2.24) is 0 Å². The highest BCUT2D eigenvalue weighted by atomic mass is 32.1. The average molecular weight is 307 g/mol. The highest BCUT2D eigenvalue weighted by Crippen LogP contribution is 2.23. The van der Waals surface area contributed by atoms with Crippen molar-refractivity contribution in [3.8, 4) is 0 Å². The Morgan fingerprint density at radius 3 is 2.57 bits per heavy atom. The molecule has 7 heteroatoms. The van der Waals surface area contributed by atoms with Crippen LogP contribution in [0.4, 0.5) is 15.8 Å². The zero-order chi connectivity index (χ0) is 15.2. The van der Waals surface area contributed by atoms with E-state index < -0.39 is 11.7 Å². The molecule has 0 bridgehead atoms. The van der Waals surface area contributed by atoms with Crippen molar-refractivity contribution in [3.05, 3.63) is 46.4 Å². The molecule has 0 spiro atoms. The molecule has 2 aromatic rings. The summed E-state index contributed by atoms with van der Waals surface area (Å²) in [7, 11) is 0. The SMILES string of the molecule is NCC(=O)Nc1cc(F)ccc1NC(=O)Cc1cccs1. The summed E-state index contributed by atoms with van der Waals surface area (Å²) in [6.45, 7) is -0.223. The average Bonchev–Trinajstić information content (AvgIpc) is 2.94. The van der Waals surface area contributed by atoms with E-state index in [9.17, 15) is 14.0 Å². The van der Waals surface area contributed by atoms with Gasteiger partial charge in [0.05, 0.1) is 24.3 Å². The molecular formula is C14H14FN3O2S. The normalized spacial score (nSPS) is 10.2. The largest absolute Gasteiger partial charge is 0.324 e. The quantitative estimate of drug-likeness (QED) is 0.789. The van der Waals surface area contributed by atoms with Crippen LogP contribution in [0.15, 0.2) is 35.7 Å². The van der Waals surface area contributed by atoms with Crippen molar-refractivity contribution in [3.63, 3.8) is 0 Å². The number of nitrogens with two attached hydrogens (primary N) is 1. The zero-order valence-electron chi connectivity index (χ0n) is 11.1. The van der Waals surface area contributed by atoms with Gasteiger partial charge in [-0.25, -0.2) is 4.39 Å². The number of rotatable bonds is 5. The fourth-order valence-corrected chi connectivity index (χ4v) is 2.40. The molecule has 0 aliphatic carbocycles. The number of thiophene rings is 1. The molecule has 0 fully saturated rings. The van der Waals surface area contributed by atoms with Gasteiger partial charge in [0.2, 0.25) is 11.8 Å². The van der Waals surface area contributed by atoms with Gasteiger partial charge >= 0.3 is 0 Å². The Labute approximate surface area is 125 Å². The summed E-state index contributed by atoms with van der Waals surface area (Å²) in [5, 5.41) is 6.98. The van der Waals surface area contributed by atoms with Gasteiger partial charge in [-0.05, 0) is 29.6 Å². The van der Waals surface area contributed by atoms with Crippen LogP contribution in [-0.2, 0) is 16.0 Å². The molecule has 2 amide bonds. The third kappa shape index (κ3) is 4.37. The minimum Gasteiger partial charge on any atom is -0.324 e. The fourth-order valence-electron chi connectivity index (χ4n) is 1.70. The summed E-state index contributed by atoms with van der Waals surface area (Å²) in [6.07, 6.45) is 0.222. The van der Waals surface area contributed by atoms with E-state index in [1.807, 2.05) is 17.5 Å². The van der Waals surface area contributed by atoms with Crippen molar-refractivity contribution in [2.45, 2.75) is 6.42 Å². The number of carbonyl (C=O) groups excluding carboxylic acids is 2. The Balaban J connectivity index is 2.11. The molecule has 1 heterocycles. The van der Waals surface area contributed by atoms with Crippen LogP contribution in [0.5, 0.6) is 0 Å². The maximum atomic E-state index is 13.3. The molecule has 21 heavy (non-hydrogen) atoms. The van der Waals surface area contributed by atoms with Gasteiger partial charge in [0.1, 0.15) is 5.82 Å². The lowest BCUT2D eigenvalue weighted by atomic mass is 10.2. The van der Waals surface area contributed by atoms with Crippen molar-refractivity contribution < 1.29 is 14.0 Å². The number of benzene rings is 1. The van der Waals surface area contributed by atoms with Crippen molar-refractivity contribution in [2.75, 3.05) is 17.2 Å². The maximum Gasteiger partial charge on any atom is 0.238 e. The fraction of sp³-hybridized carbons (Fsp3) is 0.143. The first-order valence-corrected chi connectivity index (χ1v) is 7.08. The van der Waals surface area contributed by atoms with E-state index in [4.69, 9.17) is 5.73 Å². The Kier molecular flexibility index (Phi) is 5.02. The lowest BCUT2D eigenvalue weighted by molar-refractivity contribution is -0.116. The first-order chi connectivity index (χ1) is 10.1. The van der Waals surface area contributed by atoms with Crippen LogP contribution < -0.4 is 16.4 Å². The monoisotopic (exact) mass is 307 g/mol. The number of carbonyl (C=O) groups is 2. The lowest BCUT2D eigenvalue weighted by Gasteiger charge is -2.12. The van der Waals surface area contributed by atoms with Crippen LogP contribution >= 0.6 is 11.3 Å². The Hall–Kier alpha value is -2.25. The minimum absolute atomic E-state index is 0.185. The molecule has 5 nitrogen and oxygen atoms in total. The number of anilines is 2. The standard InChI is InChI=1S/C14H14FN3O2S/c15-9-3-4-11(12(6-9)18-14(20)8-16)17-13(19)7-10-2-1-5-21-10/h1-6H,7-8,16H2,(H,17,19)(H,18,20). The third-order valence-corrected chi connectivity index (χ3v) is 3.51. The van der Waals surface area contributed by atoms with Crippen molar-refractivity contribution in [2.24, 2.45) is 5.73 Å². The zero-order valence-corrected chi connectivity index (χ0v) is 11.9. The second kappa shape index (κ2) is 6.96. The van der Waals surface area contributed by atoms with Crippen LogP contribution in [0.25, 0.3) is 0 Å². The molecule has 0 aliphatic heterocycles. The number of hydrogen-bond donors (Lipinski definition) is 3. The van der Waals surface area contributed by atoms with Gasteiger partial charge in [-0.3, -0.25) is 9.59 Å². The van der Waals surface area contributed by atoms with E-state index in [1.165, 1.54) is 23.5 Å². The van der Waals surface area contributed by atoms with Gasteiger partial charge in [0, 0.05) is 4.88 Å². The Morgan fingerprint density at radius 1 is 1.14 bits per heavy atom. The second-order valence-corrected chi connectivity index (χ2v) is 5.28. The topological polar surface area (TPSA) is 84.2 Å². The molecule has 0 saturated carbocycles. The van der Waals surface area contributed by atoms with Crippen LogP contribution in [0.3, 0.4) is 0 Å². The molecule has 4 N–H and O–H groups in total. The molecule has 1 aromatic heterocycles. The predicted octanol–water partition coefficient (Wildman–Crippen LogP) is 1.97. The van der Waals surface area contributed by atoms with E-state index in [1.54, 1.807) is 0 Å². The predicted molar refractivity (Wildman–Crippen MR) is 80.7 cm³/mol. The van der Waals surface area contributed by atoms with Crippen LogP contribution in [0.1, 0.15) is 4.88 Å². The molecule has 110 valence electrons. The van der Waals surface area contributed by atoms with Gasteiger partial charge in [-0.15, -0.1) is 11.3 Å². The van der Waals surface area contributed by atoms with Crippen molar-refractivity contribution >= 4 is 34.5 Å². The summed E-state index contributed by atoms with van der Waals surface area (Å²) >= 11 is 1.48. The summed E-state index contributed by atoms with van der Waals surface area (Å²) in [6, 6.07) is 7.45. The van der Waals surface area contributed by atoms with Gasteiger partial charge < -0.3 is 16.4 Å². The summed E-state index contributed by atoms with van der Waals surface area (Å²) in [5.74, 6) is -1.22. The molecule has 0 unspecified atom stereocenters. The third-order valence-electron chi connectivity index (χ3n) is 2.63. The molecule has 0 aliphatic rings. The van der Waals surface area contributed by atoms with Gasteiger partial charge in [0.25, 0.3) is 0 Å². The van der Waals surface area contributed by atoms with Crippen LogP contribution in [0, 0.1) is 5.82 Å². The number of nitrogens with one attached hydrogen (secondary N) is 2. The Morgan fingerprint density at radius 2 is 1.90 bits per heavy atom. The van der Waals surface area contributed by atoms with Crippen molar-refractivity contribution in [1.29, 1.82) is 0 Å². The lowest BCUT2D eigenvalue weighted by Crippen LogP contribution is -2.23. The first kappa shape index (κ1) is 15.1. The van der Waals surface area contributed by atoms with E-state index in [0.29, 0.717) is 5.69 Å². The smallest absolute Gasteiger partial charge is 0.238 e. The van der Waals surface area contributed by atoms with E-state index in [0.717, 1.165) is 10.9 Å². The van der Waals surface area contributed by atoms with E-state index >= 15 is 0 Å². The van der Waals surface area contributed by atoms with E-state index in [2.05, 4.69) is 10.6 Å². The van der Waals surface area contributed by atoms with Crippen LogP contribution in [0.2, 0.25) is 0 Å². The molecule has 1 aromatic carbocycles. The number of amides is 2. The highest BCUT2D eigenvalue weighted by molar-refractivity contribution is 7.10. The molecule has 0 radical (unpaired) electrons. The van der Waals surface area contributed by atoms with Gasteiger partial charge in [0.15, 0.2) is 0 Å². The van der Waals surface area contributed by atoms with Gasteiger partial charge in [-0.2, -0.15) is 0 Å². The second-order valence-electron chi connectivity index (χ2n) is 4.25. The van der Waals surface area contributed by atoms with Gasteiger partial charge in [-0.1, -0.05) is 6.07 Å². The Bertz CT molecular complexity index is 644. The minimum atomic E-state index is -0.515. The maximum absolute atomic E-state index is 13.3. The first-order valence-electron chi connectivity index (χ1n) is 6.20. The van der Waals surface area contributed by atoms with E-state index in [-0.39, 0.29) is 24.6 Å². The summed E-state index contributed by atoms with van der Waals surface area (Å²) in [5.41, 5.74) is 5.73.